The van der Waals surface area contributed by atoms with Crippen molar-refractivity contribution in [1.29, 1.82) is 0 Å². The van der Waals surface area contributed by atoms with Crippen LogP contribution < -0.4 is 10.6 Å². The van der Waals surface area contributed by atoms with Crippen LogP contribution in [0.15, 0.2) is 4.99 Å². The van der Waals surface area contributed by atoms with Crippen LogP contribution in [0.3, 0.4) is 0 Å². The first-order valence-corrected chi connectivity index (χ1v) is 11.0. The lowest BCUT2D eigenvalue weighted by Crippen LogP contribution is -2.50. The fraction of sp³-hybridized carbons (Fsp3) is 0.889. The number of rotatable bonds is 8. The molecule has 1 aliphatic heterocycles. The molecule has 0 radical (unpaired) electrons. The van der Waals surface area contributed by atoms with Crippen LogP contribution in [0.1, 0.15) is 34.1 Å². The third-order valence-corrected chi connectivity index (χ3v) is 4.48. The number of hydrogen-bond donors (Lipinski definition) is 2. The molecule has 1 fully saturated rings. The zero-order valence-corrected chi connectivity index (χ0v) is 18.0. The van der Waals surface area contributed by atoms with Gasteiger partial charge < -0.3 is 20.3 Å². The number of aliphatic imine (C=N–C) groups is 1. The third-order valence-electron chi connectivity index (χ3n) is 3.87. The molecule has 1 rings (SSSR count). The average molecular weight is 388 g/mol. The minimum Gasteiger partial charge on any atom is -0.444 e. The maximum atomic E-state index is 12.1. The normalized spacial score (nSPS) is 16.5. The highest BCUT2D eigenvalue weighted by Crippen LogP contribution is 2.11. The Morgan fingerprint density at radius 1 is 1.19 bits per heavy atom. The monoisotopic (exact) mass is 387 g/mol. The van der Waals surface area contributed by atoms with E-state index in [2.05, 4.69) is 33.7 Å². The Morgan fingerprint density at radius 2 is 1.88 bits per heavy atom. The molecule has 0 aromatic rings. The van der Waals surface area contributed by atoms with Crippen LogP contribution in [0.5, 0.6) is 0 Å². The molecule has 1 amide bonds. The number of amides is 1. The van der Waals surface area contributed by atoms with E-state index in [0.29, 0.717) is 0 Å². The third kappa shape index (κ3) is 10.1. The van der Waals surface area contributed by atoms with E-state index in [0.717, 1.165) is 70.5 Å². The Balaban J connectivity index is 2.24. The van der Waals surface area contributed by atoms with E-state index in [1.54, 1.807) is 4.90 Å². The van der Waals surface area contributed by atoms with Gasteiger partial charge in [-0.15, -0.1) is 0 Å². The second kappa shape index (κ2) is 12.3. The van der Waals surface area contributed by atoms with Gasteiger partial charge in [0.05, 0.1) is 0 Å². The standard InChI is InChI=1S/C18H37N5O2S/c1-6-19-16(21-9-15-26-5)20-8-7-10-22-11-13-23(14-12-22)17(24)25-18(2,3)4/h6-15H2,1-5H3,(H2,19,20,21). The maximum Gasteiger partial charge on any atom is 0.410 e. The van der Waals surface area contributed by atoms with Crippen LogP contribution in [-0.2, 0) is 4.74 Å². The zero-order chi connectivity index (χ0) is 19.4. The van der Waals surface area contributed by atoms with Crippen LogP contribution in [0.25, 0.3) is 0 Å². The van der Waals surface area contributed by atoms with Gasteiger partial charge in [0, 0.05) is 58.1 Å². The van der Waals surface area contributed by atoms with Crippen LogP contribution in [-0.4, -0.2) is 91.8 Å². The van der Waals surface area contributed by atoms with E-state index in [-0.39, 0.29) is 6.09 Å². The number of carbonyl (C=O) groups excluding carboxylic acids is 1. The van der Waals surface area contributed by atoms with Gasteiger partial charge in [0.1, 0.15) is 5.60 Å². The topological polar surface area (TPSA) is 69.2 Å². The van der Waals surface area contributed by atoms with E-state index in [1.807, 2.05) is 32.5 Å². The van der Waals surface area contributed by atoms with E-state index >= 15 is 0 Å². The molecule has 26 heavy (non-hydrogen) atoms. The first-order valence-electron chi connectivity index (χ1n) is 9.57. The second-order valence-corrected chi connectivity index (χ2v) is 8.33. The molecule has 0 bridgehead atoms. The molecule has 1 heterocycles. The molecule has 2 N–H and O–H groups in total. The van der Waals surface area contributed by atoms with Gasteiger partial charge in [-0.1, -0.05) is 0 Å². The van der Waals surface area contributed by atoms with Gasteiger partial charge in [-0.05, 0) is 40.4 Å². The van der Waals surface area contributed by atoms with Gasteiger partial charge in [-0.25, -0.2) is 4.79 Å². The van der Waals surface area contributed by atoms with E-state index in [9.17, 15) is 4.79 Å². The van der Waals surface area contributed by atoms with Crippen molar-refractivity contribution in [2.45, 2.75) is 39.7 Å². The first kappa shape index (κ1) is 22.9. The van der Waals surface area contributed by atoms with Gasteiger partial charge in [-0.3, -0.25) is 9.89 Å². The molecule has 0 aromatic heterocycles. The molecular weight excluding hydrogens is 350 g/mol. The molecule has 1 saturated heterocycles. The lowest BCUT2D eigenvalue weighted by molar-refractivity contribution is 0.0145. The highest BCUT2D eigenvalue weighted by atomic mass is 32.2. The predicted octanol–water partition coefficient (Wildman–Crippen LogP) is 1.85. The predicted molar refractivity (Wildman–Crippen MR) is 111 cm³/mol. The number of carbonyl (C=O) groups is 1. The van der Waals surface area contributed by atoms with Crippen LogP contribution in [0, 0.1) is 0 Å². The quantitative estimate of drug-likeness (QED) is 0.376. The zero-order valence-electron chi connectivity index (χ0n) is 17.1. The minimum atomic E-state index is -0.430. The Kier molecular flexibility index (Phi) is 10.8. The van der Waals surface area contributed by atoms with Crippen molar-refractivity contribution >= 4 is 23.8 Å². The Hall–Kier alpha value is -1.15. The van der Waals surface area contributed by atoms with Gasteiger partial charge in [0.2, 0.25) is 0 Å². The summed E-state index contributed by atoms with van der Waals surface area (Å²) in [6, 6.07) is 0. The molecule has 0 spiro atoms. The van der Waals surface area contributed by atoms with Crippen molar-refractivity contribution in [1.82, 2.24) is 20.4 Å². The second-order valence-electron chi connectivity index (χ2n) is 7.34. The number of nitrogens with one attached hydrogen (secondary N) is 2. The summed E-state index contributed by atoms with van der Waals surface area (Å²) in [5.74, 6) is 1.98. The minimum absolute atomic E-state index is 0.201. The van der Waals surface area contributed by atoms with Crippen LogP contribution in [0.4, 0.5) is 4.79 Å². The number of piperazine rings is 1. The molecule has 0 atom stereocenters. The average Bonchev–Trinajstić information content (AvgIpc) is 2.58. The SMILES string of the molecule is CCNC(=NCCCN1CCN(C(=O)OC(C)(C)C)CC1)NCCSC. The highest BCUT2D eigenvalue weighted by Gasteiger charge is 2.25. The van der Waals surface area contributed by atoms with E-state index in [1.165, 1.54) is 0 Å². The molecule has 0 aromatic carbocycles. The molecule has 7 nitrogen and oxygen atoms in total. The molecule has 152 valence electrons. The lowest BCUT2D eigenvalue weighted by atomic mass is 10.2. The molecule has 0 aliphatic carbocycles. The van der Waals surface area contributed by atoms with Crippen LogP contribution in [0.2, 0.25) is 0 Å². The maximum absolute atomic E-state index is 12.1. The fourth-order valence-corrected chi connectivity index (χ4v) is 2.89. The summed E-state index contributed by atoms with van der Waals surface area (Å²) in [5, 5.41) is 6.62. The number of nitrogens with zero attached hydrogens (tertiary/aromatic N) is 3. The molecular formula is C18H37N5O2S. The number of guanidine groups is 1. The van der Waals surface area contributed by atoms with E-state index < -0.39 is 5.60 Å². The lowest BCUT2D eigenvalue weighted by Gasteiger charge is -2.35. The Labute approximate surface area is 163 Å². The molecule has 1 aliphatic rings. The Bertz CT molecular complexity index is 432. The number of hydrogen-bond acceptors (Lipinski definition) is 5. The summed E-state index contributed by atoms with van der Waals surface area (Å²) < 4.78 is 5.44. The largest absolute Gasteiger partial charge is 0.444 e. The summed E-state index contributed by atoms with van der Waals surface area (Å²) in [6.45, 7) is 14.7. The van der Waals surface area contributed by atoms with Crippen molar-refractivity contribution in [3.05, 3.63) is 0 Å². The number of ether oxygens (including phenoxy) is 1. The van der Waals surface area contributed by atoms with Gasteiger partial charge in [0.15, 0.2) is 5.96 Å². The van der Waals surface area contributed by atoms with Crippen molar-refractivity contribution in [3.63, 3.8) is 0 Å². The van der Waals surface area contributed by atoms with E-state index in [4.69, 9.17) is 4.74 Å². The molecule has 8 heteroatoms. The van der Waals surface area contributed by atoms with Crippen molar-refractivity contribution in [2.75, 3.05) is 64.4 Å². The fourth-order valence-electron chi connectivity index (χ4n) is 2.58. The smallest absolute Gasteiger partial charge is 0.410 e. The van der Waals surface area contributed by atoms with Crippen molar-refractivity contribution in [3.8, 4) is 0 Å². The summed E-state index contributed by atoms with van der Waals surface area (Å²) in [5.41, 5.74) is -0.430. The summed E-state index contributed by atoms with van der Waals surface area (Å²) in [7, 11) is 0. The van der Waals surface area contributed by atoms with Gasteiger partial charge >= 0.3 is 6.09 Å². The van der Waals surface area contributed by atoms with Gasteiger partial charge in [0.25, 0.3) is 0 Å². The first-order chi connectivity index (χ1) is 12.4. The molecule has 0 saturated carbocycles. The summed E-state index contributed by atoms with van der Waals surface area (Å²) in [4.78, 5) is 20.9. The highest BCUT2D eigenvalue weighted by molar-refractivity contribution is 7.98. The van der Waals surface area contributed by atoms with Crippen LogP contribution >= 0.6 is 11.8 Å². The summed E-state index contributed by atoms with van der Waals surface area (Å²) in [6.07, 6.45) is 2.92. The number of thioether (sulfide) groups is 1. The van der Waals surface area contributed by atoms with Crippen molar-refractivity contribution < 1.29 is 9.53 Å². The Morgan fingerprint density at radius 3 is 2.46 bits per heavy atom. The molecule has 0 unspecified atom stereocenters. The van der Waals surface area contributed by atoms with Gasteiger partial charge in [-0.2, -0.15) is 11.8 Å². The van der Waals surface area contributed by atoms with Crippen molar-refractivity contribution in [2.24, 2.45) is 4.99 Å². The summed E-state index contributed by atoms with van der Waals surface area (Å²) >= 11 is 1.82.